The molecule has 24 heteroatoms. The summed E-state index contributed by atoms with van der Waals surface area (Å²) in [5.41, 5.74) is 13.3. The number of aromatic nitrogens is 4. The number of benzene rings is 6. The van der Waals surface area contributed by atoms with Gasteiger partial charge in [-0.05, 0) is 229 Å². The summed E-state index contributed by atoms with van der Waals surface area (Å²) in [6, 6.07) is 43.0. The van der Waals surface area contributed by atoms with Crippen molar-refractivity contribution in [1.82, 2.24) is 28.9 Å². The third-order valence-corrected chi connectivity index (χ3v) is 22.2. The quantitative estimate of drug-likeness (QED) is 0.0260. The van der Waals surface area contributed by atoms with Gasteiger partial charge in [0.15, 0.2) is 0 Å². The number of unbranched alkanes of at least 4 members (excludes halogenated alkanes) is 2. The molecule has 0 aliphatic carbocycles. The van der Waals surface area contributed by atoms with E-state index in [1.807, 2.05) is 132 Å². The van der Waals surface area contributed by atoms with Crippen molar-refractivity contribution in [3.63, 3.8) is 0 Å². The maximum Gasteiger partial charge on any atom is 0.317 e. The van der Waals surface area contributed by atoms with Crippen molar-refractivity contribution in [2.75, 3.05) is 127 Å². The van der Waals surface area contributed by atoms with E-state index in [0.29, 0.717) is 122 Å². The van der Waals surface area contributed by atoms with E-state index in [-0.39, 0.29) is 24.9 Å². The van der Waals surface area contributed by atoms with Crippen LogP contribution < -0.4 is 29.9 Å². The molecule has 2 aromatic heterocycles. The molecule has 0 fully saturated rings. The summed E-state index contributed by atoms with van der Waals surface area (Å²) >= 11 is 0. The molecule has 2 atom stereocenters. The van der Waals surface area contributed by atoms with Gasteiger partial charge < -0.3 is 58.7 Å². The maximum absolute atomic E-state index is 13.8. The molecule has 0 radical (unpaired) electrons. The molecule has 2 amide bonds. The first kappa shape index (κ1) is 85.4. The lowest BCUT2D eigenvalue weighted by molar-refractivity contribution is -0.138. The molecule has 6 aromatic carbocycles. The molecular formula is C87H112N10O12S2. The summed E-state index contributed by atoms with van der Waals surface area (Å²) in [7, 11) is 1.10. The number of hydrogen-bond acceptors (Lipinski definition) is 16. The van der Waals surface area contributed by atoms with Crippen LogP contribution in [0.2, 0.25) is 0 Å². The lowest BCUT2D eigenvalue weighted by Crippen LogP contribution is -2.37. The first-order chi connectivity index (χ1) is 53.7. The Hall–Kier alpha value is -9.56. The number of rotatable bonds is 40. The fourth-order valence-corrected chi connectivity index (χ4v) is 15.8. The summed E-state index contributed by atoms with van der Waals surface area (Å²) in [4.78, 5) is 68.8. The van der Waals surface area contributed by atoms with Gasteiger partial charge in [-0.2, -0.15) is 0 Å². The zero-order chi connectivity index (χ0) is 79.2. The van der Waals surface area contributed by atoms with E-state index in [1.54, 1.807) is 28.1 Å². The molecule has 111 heavy (non-hydrogen) atoms. The van der Waals surface area contributed by atoms with Crippen molar-refractivity contribution >= 4 is 80.3 Å². The van der Waals surface area contributed by atoms with Gasteiger partial charge in [-0.3, -0.25) is 37.4 Å². The second-order valence-corrected chi connectivity index (χ2v) is 31.1. The Kier molecular flexibility index (Phi) is 33.8. The minimum absolute atomic E-state index is 0.0311. The number of nitrogens with one attached hydrogen (secondary N) is 2. The molecule has 10 rings (SSSR count). The van der Waals surface area contributed by atoms with Crippen LogP contribution in [0.15, 0.2) is 161 Å². The Morgan fingerprint density at radius 3 is 1.37 bits per heavy atom. The highest BCUT2D eigenvalue weighted by Gasteiger charge is 2.24. The lowest BCUT2D eigenvalue weighted by Gasteiger charge is -2.30. The molecule has 2 aliphatic heterocycles. The predicted molar refractivity (Wildman–Crippen MR) is 445 cm³/mol. The van der Waals surface area contributed by atoms with Crippen molar-refractivity contribution < 1.29 is 56.8 Å². The summed E-state index contributed by atoms with van der Waals surface area (Å²) < 4.78 is 53.9. The molecule has 4 heterocycles. The van der Waals surface area contributed by atoms with Gasteiger partial charge in [0.1, 0.15) is 36.4 Å². The summed E-state index contributed by atoms with van der Waals surface area (Å²) in [6.45, 7) is 23.5. The minimum Gasteiger partial charge on any atom is -0.491 e. The standard InChI is InChI=1S/C44H57N5O6S.C43H55N5O6S/c1-6-8-25-54-26-27-55-39-16-11-34(12-17-39)35-13-20-41-37(28-35)29-36(10-9-22-48(41)24-23-47(5)30-43(50)51)44(52)46-38-14-18-40(19-15-38)56(53)31-42-32(3)45-33(4)49(42)21-7-2;1-5-7-24-53-25-26-54-39-15-10-33(11-16-39)34-12-19-41-36(27-34)28-35(9-8-21-47(41)23-22-46(4)30-42(49)50)43(51)45-37-13-17-40(18-14-37)55(52)31-38-29-44-32(3)48(38)20-6-2/h11-20,28-29H,6-10,21-27,30-31H2,1-5H3,(H,46,52)(H,50,51);10-19,27-29H,5-9,20-26,30-31H2,1-4H3,(H,45,51)(H,49,50)/b36-29+;35-28+/t56-;55-/m00/s1. The van der Waals surface area contributed by atoms with Crippen molar-refractivity contribution in [1.29, 1.82) is 0 Å². The van der Waals surface area contributed by atoms with E-state index in [0.717, 1.165) is 163 Å². The number of amides is 2. The third kappa shape index (κ3) is 26.0. The van der Waals surface area contributed by atoms with E-state index >= 15 is 0 Å². The first-order valence-corrected chi connectivity index (χ1v) is 41.6. The van der Waals surface area contributed by atoms with Crippen LogP contribution in [0.5, 0.6) is 11.5 Å². The Labute approximate surface area is 660 Å². The van der Waals surface area contributed by atoms with Gasteiger partial charge in [-0.1, -0.05) is 76.9 Å². The highest BCUT2D eigenvalue weighted by Crippen LogP contribution is 2.36. The Morgan fingerprint density at radius 2 is 0.937 bits per heavy atom. The van der Waals surface area contributed by atoms with E-state index in [1.165, 1.54) is 0 Å². The number of likely N-dealkylation sites (N-methyl/N-ethyl adjacent to an activating group) is 2. The zero-order valence-corrected chi connectivity index (χ0v) is 67.7. The third-order valence-electron chi connectivity index (χ3n) is 19.5. The predicted octanol–water partition coefficient (Wildman–Crippen LogP) is 15.1. The molecule has 0 spiro atoms. The van der Waals surface area contributed by atoms with Crippen LogP contribution >= 0.6 is 0 Å². The molecule has 8 aromatic rings. The van der Waals surface area contributed by atoms with Crippen molar-refractivity contribution in [3.05, 3.63) is 191 Å². The van der Waals surface area contributed by atoms with Crippen molar-refractivity contribution in [2.45, 2.75) is 147 Å². The number of ether oxygens (including phenoxy) is 4. The smallest absolute Gasteiger partial charge is 0.317 e. The molecule has 22 nitrogen and oxygen atoms in total. The minimum atomic E-state index is -1.27. The van der Waals surface area contributed by atoms with E-state index in [9.17, 15) is 37.8 Å². The number of hydrogen-bond donors (Lipinski definition) is 4. The SMILES string of the molecule is CCCCOCCOc1ccc(-c2ccc3c(c2)/C=C(/C(=O)Nc2ccc([S@@](=O)Cc4c(C)nc(C)n4CCC)cc2)CCCN3CCN(C)CC(=O)O)cc1.CCCCOCCOc1ccc(-c2ccc3c(c2)/C=C(/C(=O)Nc2ccc([S@@](=O)Cc4cnc(C)n4CCC)cc2)CCCN3CCN(C)CC(=O)O)cc1. The molecule has 0 saturated carbocycles. The van der Waals surface area contributed by atoms with Gasteiger partial charge in [0.25, 0.3) is 11.8 Å². The average molecular weight is 1550 g/mol. The number of imidazole rings is 2. The van der Waals surface area contributed by atoms with Gasteiger partial charge in [0.2, 0.25) is 0 Å². The number of carboxylic acid groups (broad SMARTS) is 2. The van der Waals surface area contributed by atoms with Crippen LogP contribution in [-0.2, 0) is 74.8 Å². The monoisotopic (exact) mass is 1550 g/mol. The number of anilines is 4. The number of nitrogens with zero attached hydrogens (tertiary/aromatic N) is 8. The van der Waals surface area contributed by atoms with Gasteiger partial charge in [0, 0.05) is 115 Å². The van der Waals surface area contributed by atoms with Gasteiger partial charge >= 0.3 is 11.9 Å². The summed E-state index contributed by atoms with van der Waals surface area (Å²) in [5, 5.41) is 24.7. The van der Waals surface area contributed by atoms with Gasteiger partial charge in [-0.25, -0.2) is 9.97 Å². The molecule has 2 aliphatic rings. The Balaban J connectivity index is 0.000000255. The van der Waals surface area contributed by atoms with Gasteiger partial charge in [-0.15, -0.1) is 0 Å². The molecule has 0 unspecified atom stereocenters. The van der Waals surface area contributed by atoms with Crippen LogP contribution in [0.3, 0.4) is 0 Å². The first-order valence-electron chi connectivity index (χ1n) is 39.0. The molecule has 0 bridgehead atoms. The topological polar surface area (TPSA) is 252 Å². The zero-order valence-electron chi connectivity index (χ0n) is 66.1. The molecule has 594 valence electrons. The second kappa shape index (κ2) is 43.9. The van der Waals surface area contributed by atoms with E-state index in [2.05, 4.69) is 104 Å². The van der Waals surface area contributed by atoms with Crippen molar-refractivity contribution in [2.24, 2.45) is 0 Å². The normalized spacial score (nSPS) is 14.4. The molecular weight excluding hydrogens is 1440 g/mol. The Morgan fingerprint density at radius 1 is 0.505 bits per heavy atom. The highest BCUT2D eigenvalue weighted by atomic mass is 32.2. The molecule has 4 N–H and O–H groups in total. The summed E-state index contributed by atoms with van der Waals surface area (Å²) in [5.74, 6) is 2.09. The number of aryl methyl sites for hydroxylation is 3. The number of aliphatic carboxylic acids is 2. The Bertz CT molecular complexity index is 4460. The van der Waals surface area contributed by atoms with Crippen LogP contribution in [0.1, 0.15) is 132 Å². The van der Waals surface area contributed by atoms with Crippen molar-refractivity contribution in [3.8, 4) is 33.8 Å². The number of fused-ring (bicyclic) bond motifs is 2. The van der Waals surface area contributed by atoms with Crippen LogP contribution in [0.25, 0.3) is 34.4 Å². The summed E-state index contributed by atoms with van der Waals surface area (Å²) in [6.07, 6.45) is 14.6. The van der Waals surface area contributed by atoms with Crippen LogP contribution in [0.4, 0.5) is 22.7 Å². The van der Waals surface area contributed by atoms with E-state index < -0.39 is 33.5 Å². The lowest BCUT2D eigenvalue weighted by atomic mass is 9.96. The highest BCUT2D eigenvalue weighted by molar-refractivity contribution is 7.84. The fraction of sp³-hybridized carbons (Fsp3) is 0.425. The van der Waals surface area contributed by atoms with Gasteiger partial charge in [0.05, 0.1) is 76.5 Å². The van der Waals surface area contributed by atoms with Crippen LogP contribution in [0, 0.1) is 20.8 Å². The largest absolute Gasteiger partial charge is 0.491 e. The number of carboxylic acids is 2. The fourth-order valence-electron chi connectivity index (χ4n) is 13.5. The van der Waals surface area contributed by atoms with Crippen LogP contribution in [-0.4, -0.2) is 177 Å². The number of carbonyl (C=O) groups excluding carboxylic acids is 2. The second-order valence-electron chi connectivity index (χ2n) is 28.2. The number of carbonyl (C=O) groups is 4. The van der Waals surface area contributed by atoms with E-state index in [4.69, 9.17) is 18.9 Å². The average Bonchev–Trinajstić information content (AvgIpc) is 1.58. The molecule has 0 saturated heterocycles. The maximum atomic E-state index is 13.8.